The Bertz CT molecular complexity index is 847. The zero-order valence-electron chi connectivity index (χ0n) is 16.0. The minimum atomic E-state index is -3.66. The summed E-state index contributed by atoms with van der Waals surface area (Å²) in [4.78, 5) is 12.4. The molecule has 2 fully saturated rings. The molecule has 0 spiro atoms. The van der Waals surface area contributed by atoms with E-state index in [2.05, 4.69) is 10.6 Å². The summed E-state index contributed by atoms with van der Waals surface area (Å²) in [6.45, 7) is 3.95. The first kappa shape index (κ1) is 22.6. The first-order chi connectivity index (χ1) is 12.9. The van der Waals surface area contributed by atoms with E-state index in [1.807, 2.05) is 6.07 Å². The zero-order valence-corrected chi connectivity index (χ0v) is 17.6. The smallest absolute Gasteiger partial charge is 0.243 e. The average molecular weight is 427 g/mol. The number of rotatable bonds is 5. The number of hydrogen-bond acceptors (Lipinski definition) is 5. The molecule has 3 rings (SSSR count). The van der Waals surface area contributed by atoms with E-state index < -0.39 is 10.0 Å². The highest BCUT2D eigenvalue weighted by Crippen LogP contribution is 2.26. The summed E-state index contributed by atoms with van der Waals surface area (Å²) in [6, 6.07) is 6.62. The standard InChI is InChI=1S/C19H26N4O3S.ClH/c1-14-6-7-15(11-20)10-18(14)27(25,26)23-9-3-4-16(13-23)12-22-19(24)17-5-2-8-21-17;/h6-7,10,16-17,21H,2-5,8-9,12-13H2,1H3,(H,22,24);1H. The van der Waals surface area contributed by atoms with E-state index in [-0.39, 0.29) is 35.2 Å². The quantitative estimate of drug-likeness (QED) is 0.743. The fourth-order valence-corrected chi connectivity index (χ4v) is 5.58. The molecule has 2 saturated heterocycles. The molecule has 2 unspecified atom stereocenters. The maximum Gasteiger partial charge on any atom is 0.243 e. The third-order valence-electron chi connectivity index (χ3n) is 5.36. The highest BCUT2D eigenvalue weighted by Gasteiger charge is 2.32. The average Bonchev–Trinajstić information content (AvgIpc) is 3.21. The number of aryl methyl sites for hydroxylation is 1. The van der Waals surface area contributed by atoms with E-state index in [4.69, 9.17) is 5.26 Å². The molecular weight excluding hydrogens is 400 g/mol. The largest absolute Gasteiger partial charge is 0.354 e. The maximum absolute atomic E-state index is 13.1. The van der Waals surface area contributed by atoms with Crippen LogP contribution >= 0.6 is 12.4 Å². The van der Waals surface area contributed by atoms with Gasteiger partial charge in [-0.2, -0.15) is 9.57 Å². The van der Waals surface area contributed by atoms with E-state index in [9.17, 15) is 13.2 Å². The molecule has 2 aliphatic heterocycles. The summed E-state index contributed by atoms with van der Waals surface area (Å²) in [5, 5.41) is 15.2. The van der Waals surface area contributed by atoms with Gasteiger partial charge >= 0.3 is 0 Å². The van der Waals surface area contributed by atoms with Crippen molar-refractivity contribution in [2.75, 3.05) is 26.2 Å². The first-order valence-corrected chi connectivity index (χ1v) is 10.9. The van der Waals surface area contributed by atoms with Gasteiger partial charge in [0.05, 0.1) is 22.6 Å². The van der Waals surface area contributed by atoms with Gasteiger partial charge in [0.25, 0.3) is 0 Å². The molecule has 154 valence electrons. The summed E-state index contributed by atoms with van der Waals surface area (Å²) < 4.78 is 27.7. The molecule has 1 amide bonds. The Kier molecular flexibility index (Phi) is 7.84. The third-order valence-corrected chi connectivity index (χ3v) is 7.37. The highest BCUT2D eigenvalue weighted by atomic mass is 35.5. The Morgan fingerprint density at radius 1 is 1.36 bits per heavy atom. The number of amides is 1. The molecular formula is C19H27ClN4O3S. The molecule has 1 aromatic carbocycles. The Labute approximate surface area is 172 Å². The number of nitrogens with zero attached hydrogens (tertiary/aromatic N) is 2. The monoisotopic (exact) mass is 426 g/mol. The van der Waals surface area contributed by atoms with Crippen LogP contribution in [0.4, 0.5) is 0 Å². The Morgan fingerprint density at radius 3 is 2.82 bits per heavy atom. The first-order valence-electron chi connectivity index (χ1n) is 9.44. The molecule has 2 N–H and O–H groups in total. The van der Waals surface area contributed by atoms with Gasteiger partial charge in [0.1, 0.15) is 0 Å². The van der Waals surface area contributed by atoms with Gasteiger partial charge in [-0.1, -0.05) is 6.07 Å². The van der Waals surface area contributed by atoms with Crippen LogP contribution in [0.5, 0.6) is 0 Å². The molecule has 7 nitrogen and oxygen atoms in total. The van der Waals surface area contributed by atoms with Gasteiger partial charge in [-0.15, -0.1) is 12.4 Å². The number of carbonyl (C=O) groups is 1. The van der Waals surface area contributed by atoms with Crippen LogP contribution in [0.3, 0.4) is 0 Å². The number of halogens is 1. The minimum Gasteiger partial charge on any atom is -0.354 e. The summed E-state index contributed by atoms with van der Waals surface area (Å²) >= 11 is 0. The molecule has 28 heavy (non-hydrogen) atoms. The lowest BCUT2D eigenvalue weighted by Crippen LogP contribution is -2.46. The minimum absolute atomic E-state index is 0. The van der Waals surface area contributed by atoms with Crippen molar-refractivity contribution in [3.05, 3.63) is 29.3 Å². The summed E-state index contributed by atoms with van der Waals surface area (Å²) in [5.41, 5.74) is 0.973. The lowest BCUT2D eigenvalue weighted by Gasteiger charge is -2.32. The predicted octanol–water partition coefficient (Wildman–Crippen LogP) is 1.56. The molecule has 1 aromatic rings. The number of hydrogen-bond donors (Lipinski definition) is 2. The second kappa shape index (κ2) is 9.70. The number of nitrogens with one attached hydrogen (secondary N) is 2. The second-order valence-electron chi connectivity index (χ2n) is 7.36. The lowest BCUT2D eigenvalue weighted by atomic mass is 9.99. The van der Waals surface area contributed by atoms with E-state index >= 15 is 0 Å². The van der Waals surface area contributed by atoms with Crippen molar-refractivity contribution in [1.29, 1.82) is 5.26 Å². The molecule has 2 aliphatic rings. The fourth-order valence-electron chi connectivity index (χ4n) is 3.77. The van der Waals surface area contributed by atoms with Crippen molar-refractivity contribution in [1.82, 2.24) is 14.9 Å². The van der Waals surface area contributed by atoms with Gasteiger partial charge in [-0.05, 0) is 62.8 Å². The van der Waals surface area contributed by atoms with Crippen molar-refractivity contribution in [3.63, 3.8) is 0 Å². The van der Waals surface area contributed by atoms with Gasteiger partial charge in [-0.25, -0.2) is 8.42 Å². The number of benzene rings is 1. The van der Waals surface area contributed by atoms with Gasteiger partial charge in [0.15, 0.2) is 0 Å². The van der Waals surface area contributed by atoms with Crippen molar-refractivity contribution in [3.8, 4) is 6.07 Å². The van der Waals surface area contributed by atoms with Crippen LogP contribution in [-0.2, 0) is 14.8 Å². The molecule has 2 atom stereocenters. The van der Waals surface area contributed by atoms with E-state index in [1.165, 1.54) is 10.4 Å². The van der Waals surface area contributed by atoms with Gasteiger partial charge < -0.3 is 10.6 Å². The van der Waals surface area contributed by atoms with Crippen LogP contribution in [0.15, 0.2) is 23.1 Å². The Morgan fingerprint density at radius 2 is 2.14 bits per heavy atom. The molecule has 9 heteroatoms. The van der Waals surface area contributed by atoms with Crippen LogP contribution in [-0.4, -0.2) is 50.9 Å². The molecule has 0 bridgehead atoms. The third kappa shape index (κ3) is 5.03. The summed E-state index contributed by atoms with van der Waals surface area (Å²) in [7, 11) is -3.66. The van der Waals surface area contributed by atoms with Gasteiger partial charge in [0, 0.05) is 19.6 Å². The molecule has 0 aliphatic carbocycles. The molecule has 0 radical (unpaired) electrons. The van der Waals surface area contributed by atoms with Crippen molar-refractivity contribution in [2.45, 2.75) is 43.5 Å². The number of carbonyl (C=O) groups excluding carboxylic acids is 1. The maximum atomic E-state index is 13.1. The van der Waals surface area contributed by atoms with Crippen molar-refractivity contribution < 1.29 is 13.2 Å². The van der Waals surface area contributed by atoms with E-state index in [1.54, 1.807) is 19.1 Å². The Hall–Kier alpha value is -1.66. The molecule has 0 saturated carbocycles. The van der Waals surface area contributed by atoms with Gasteiger partial charge in [0.2, 0.25) is 15.9 Å². The predicted molar refractivity (Wildman–Crippen MR) is 109 cm³/mol. The van der Waals surface area contributed by atoms with Crippen LogP contribution in [0, 0.1) is 24.2 Å². The van der Waals surface area contributed by atoms with Crippen LogP contribution in [0.1, 0.15) is 36.8 Å². The van der Waals surface area contributed by atoms with Crippen LogP contribution < -0.4 is 10.6 Å². The fraction of sp³-hybridized carbons (Fsp3) is 0.579. The summed E-state index contributed by atoms with van der Waals surface area (Å²) in [6.07, 6.45) is 3.51. The van der Waals surface area contributed by atoms with Crippen LogP contribution in [0.25, 0.3) is 0 Å². The number of nitriles is 1. The topological polar surface area (TPSA) is 102 Å². The van der Waals surface area contributed by atoms with E-state index in [0.29, 0.717) is 30.8 Å². The molecule has 2 heterocycles. The van der Waals surface area contributed by atoms with E-state index in [0.717, 1.165) is 32.2 Å². The molecule has 0 aromatic heterocycles. The summed E-state index contributed by atoms with van der Waals surface area (Å²) in [5.74, 6) is 0.100. The van der Waals surface area contributed by atoms with Crippen molar-refractivity contribution in [2.24, 2.45) is 5.92 Å². The normalized spacial score (nSPS) is 22.9. The Balaban J connectivity index is 0.00000280. The van der Waals surface area contributed by atoms with Gasteiger partial charge in [-0.3, -0.25) is 4.79 Å². The number of piperidine rings is 1. The van der Waals surface area contributed by atoms with Crippen LogP contribution in [0.2, 0.25) is 0 Å². The second-order valence-corrected chi connectivity index (χ2v) is 9.26. The highest BCUT2D eigenvalue weighted by molar-refractivity contribution is 7.89. The van der Waals surface area contributed by atoms with Crippen molar-refractivity contribution >= 4 is 28.3 Å². The number of sulfonamides is 1. The lowest BCUT2D eigenvalue weighted by molar-refractivity contribution is -0.123. The SMILES string of the molecule is Cc1ccc(C#N)cc1S(=O)(=O)N1CCCC(CNC(=O)C2CCCN2)C1.Cl. The zero-order chi connectivity index (χ0) is 19.4.